The number of carbonyl (C=O) groups is 1. The summed E-state index contributed by atoms with van der Waals surface area (Å²) in [4.78, 5) is 11.2. The summed E-state index contributed by atoms with van der Waals surface area (Å²) in [5, 5.41) is 0. The molecule has 0 saturated heterocycles. The van der Waals surface area contributed by atoms with E-state index in [4.69, 9.17) is 10.5 Å². The van der Waals surface area contributed by atoms with Gasteiger partial charge in [0.05, 0.1) is 7.11 Å². The Labute approximate surface area is 114 Å². The van der Waals surface area contributed by atoms with Crippen molar-refractivity contribution >= 4 is 18.4 Å². The highest BCUT2D eigenvalue weighted by molar-refractivity contribution is 5.85. The zero-order valence-corrected chi connectivity index (χ0v) is 11.9. The summed E-state index contributed by atoms with van der Waals surface area (Å²) >= 11 is 0. The van der Waals surface area contributed by atoms with E-state index >= 15 is 0 Å². The van der Waals surface area contributed by atoms with E-state index in [0.29, 0.717) is 5.56 Å². The molecule has 0 aliphatic heterocycles. The first-order valence-electron chi connectivity index (χ1n) is 5.46. The Morgan fingerprint density at radius 2 is 1.72 bits per heavy atom. The van der Waals surface area contributed by atoms with Crippen molar-refractivity contribution in [3.8, 4) is 5.75 Å². The second kappa shape index (κ2) is 6.61. The van der Waals surface area contributed by atoms with Gasteiger partial charge in [-0.05, 0) is 38.5 Å². The van der Waals surface area contributed by atoms with Crippen molar-refractivity contribution in [3.05, 3.63) is 29.8 Å². The molecule has 0 bridgehead atoms. The van der Waals surface area contributed by atoms with Gasteiger partial charge in [0.15, 0.2) is 0 Å². The van der Waals surface area contributed by atoms with E-state index in [2.05, 4.69) is 4.74 Å². The molecule has 0 heterocycles. The molecule has 1 aromatic rings. The van der Waals surface area contributed by atoms with Crippen LogP contribution in [0.15, 0.2) is 24.3 Å². The van der Waals surface area contributed by atoms with Crippen LogP contribution in [0.2, 0.25) is 0 Å². The molecule has 1 rings (SSSR count). The molecule has 0 fully saturated rings. The van der Waals surface area contributed by atoms with Gasteiger partial charge in [0.25, 0.3) is 0 Å². The lowest BCUT2D eigenvalue weighted by atomic mass is 10.1. The summed E-state index contributed by atoms with van der Waals surface area (Å²) in [5.74, 6) is 0.299. The number of benzene rings is 1. The normalized spacial score (nSPS) is 12.3. The van der Waals surface area contributed by atoms with Crippen LogP contribution in [-0.2, 0) is 9.53 Å². The summed E-state index contributed by atoms with van der Waals surface area (Å²) in [6.07, 6.45) is 0. The van der Waals surface area contributed by atoms with Crippen LogP contribution >= 0.6 is 12.4 Å². The van der Waals surface area contributed by atoms with Gasteiger partial charge in [-0.15, -0.1) is 12.4 Å². The van der Waals surface area contributed by atoms with Crippen LogP contribution in [0.4, 0.5) is 0 Å². The molecule has 0 radical (unpaired) electrons. The van der Waals surface area contributed by atoms with Crippen LogP contribution in [0.3, 0.4) is 0 Å². The van der Waals surface area contributed by atoms with Crippen LogP contribution < -0.4 is 10.5 Å². The van der Waals surface area contributed by atoms with Gasteiger partial charge >= 0.3 is 5.97 Å². The minimum Gasteiger partial charge on any atom is -0.488 e. The van der Waals surface area contributed by atoms with Gasteiger partial charge in [-0.3, -0.25) is 4.79 Å². The molecule has 5 heteroatoms. The molecular weight excluding hydrogens is 254 g/mol. The number of rotatable bonds is 3. The fourth-order valence-corrected chi connectivity index (χ4v) is 1.36. The quantitative estimate of drug-likeness (QED) is 0.860. The van der Waals surface area contributed by atoms with Crippen LogP contribution in [-0.4, -0.2) is 18.7 Å². The van der Waals surface area contributed by atoms with E-state index in [0.717, 1.165) is 5.75 Å². The van der Waals surface area contributed by atoms with Crippen LogP contribution in [0.1, 0.15) is 32.4 Å². The standard InChI is InChI=1S/C13H19NO3.ClH/c1-13(2,3)17-10-7-5-9(6-8-10)11(14)12(15)16-4;/h5-8,11H,14H2,1-4H3;1H/t11-;/m1./s1. The van der Waals surface area contributed by atoms with E-state index in [1.165, 1.54) is 7.11 Å². The molecule has 0 unspecified atom stereocenters. The largest absolute Gasteiger partial charge is 0.488 e. The van der Waals surface area contributed by atoms with E-state index in [9.17, 15) is 4.79 Å². The molecule has 1 atom stereocenters. The SMILES string of the molecule is COC(=O)[C@H](N)c1ccc(OC(C)(C)C)cc1.Cl. The Morgan fingerprint density at radius 1 is 1.22 bits per heavy atom. The molecule has 1 aromatic carbocycles. The van der Waals surface area contributed by atoms with Gasteiger partial charge in [-0.2, -0.15) is 0 Å². The summed E-state index contributed by atoms with van der Waals surface area (Å²) in [6, 6.07) is 6.38. The van der Waals surface area contributed by atoms with E-state index < -0.39 is 12.0 Å². The Balaban J connectivity index is 0.00000289. The van der Waals surface area contributed by atoms with Crippen molar-refractivity contribution in [2.45, 2.75) is 32.4 Å². The highest BCUT2D eigenvalue weighted by Crippen LogP contribution is 2.21. The smallest absolute Gasteiger partial charge is 0.327 e. The Hall–Kier alpha value is -1.26. The molecule has 0 aliphatic rings. The number of esters is 1. The molecular formula is C13H20ClNO3. The van der Waals surface area contributed by atoms with Crippen molar-refractivity contribution < 1.29 is 14.3 Å². The van der Waals surface area contributed by atoms with Gasteiger partial charge in [0.2, 0.25) is 0 Å². The molecule has 0 aromatic heterocycles. The number of ether oxygens (including phenoxy) is 2. The number of halogens is 1. The maximum Gasteiger partial charge on any atom is 0.327 e. The number of hydrogen-bond donors (Lipinski definition) is 1. The molecule has 18 heavy (non-hydrogen) atoms. The fourth-order valence-electron chi connectivity index (χ4n) is 1.36. The van der Waals surface area contributed by atoms with Crippen LogP contribution in [0, 0.1) is 0 Å². The van der Waals surface area contributed by atoms with Gasteiger partial charge in [0.1, 0.15) is 17.4 Å². The second-order valence-electron chi connectivity index (χ2n) is 4.78. The summed E-state index contributed by atoms with van der Waals surface area (Å²) in [6.45, 7) is 5.92. The van der Waals surface area contributed by atoms with E-state index in [1.54, 1.807) is 24.3 Å². The first-order chi connectivity index (χ1) is 7.83. The lowest BCUT2D eigenvalue weighted by molar-refractivity contribution is -0.142. The summed E-state index contributed by atoms with van der Waals surface area (Å²) < 4.78 is 10.2. The van der Waals surface area contributed by atoms with Crippen LogP contribution in [0.25, 0.3) is 0 Å². The van der Waals surface area contributed by atoms with Gasteiger partial charge < -0.3 is 15.2 Å². The van der Waals surface area contributed by atoms with Crippen LogP contribution in [0.5, 0.6) is 5.75 Å². The predicted octanol–water partition coefficient (Wildman–Crippen LogP) is 2.46. The number of hydrogen-bond acceptors (Lipinski definition) is 4. The maximum absolute atomic E-state index is 11.2. The third-order valence-corrected chi connectivity index (χ3v) is 2.12. The summed E-state index contributed by atoms with van der Waals surface area (Å²) in [7, 11) is 1.32. The average molecular weight is 274 g/mol. The number of carbonyl (C=O) groups excluding carboxylic acids is 1. The van der Waals surface area contributed by atoms with Crippen molar-refractivity contribution in [1.82, 2.24) is 0 Å². The molecule has 102 valence electrons. The molecule has 0 amide bonds. The van der Waals surface area contributed by atoms with Gasteiger partial charge in [0, 0.05) is 0 Å². The zero-order chi connectivity index (χ0) is 13.1. The Morgan fingerprint density at radius 3 is 2.11 bits per heavy atom. The third kappa shape index (κ3) is 4.94. The first kappa shape index (κ1) is 16.7. The molecule has 2 N–H and O–H groups in total. The molecule has 0 aliphatic carbocycles. The predicted molar refractivity (Wildman–Crippen MR) is 73.0 cm³/mol. The van der Waals surface area contributed by atoms with Gasteiger partial charge in [-0.1, -0.05) is 12.1 Å². The topological polar surface area (TPSA) is 61.5 Å². The lowest BCUT2D eigenvalue weighted by Crippen LogP contribution is -2.24. The summed E-state index contributed by atoms with van der Waals surface area (Å²) in [5.41, 5.74) is 6.17. The Kier molecular flexibility index (Phi) is 6.15. The molecule has 0 saturated carbocycles. The van der Waals surface area contributed by atoms with Gasteiger partial charge in [-0.25, -0.2) is 0 Å². The second-order valence-corrected chi connectivity index (χ2v) is 4.78. The van der Waals surface area contributed by atoms with Crippen molar-refractivity contribution in [2.75, 3.05) is 7.11 Å². The molecule has 0 spiro atoms. The third-order valence-electron chi connectivity index (χ3n) is 2.12. The number of nitrogens with two attached hydrogens (primary N) is 1. The van der Waals surface area contributed by atoms with E-state index in [-0.39, 0.29) is 18.0 Å². The van der Waals surface area contributed by atoms with Crippen molar-refractivity contribution in [1.29, 1.82) is 0 Å². The average Bonchev–Trinajstić information content (AvgIpc) is 2.26. The zero-order valence-electron chi connectivity index (χ0n) is 11.1. The van der Waals surface area contributed by atoms with Crippen molar-refractivity contribution in [2.24, 2.45) is 5.73 Å². The fraction of sp³-hybridized carbons (Fsp3) is 0.462. The number of methoxy groups -OCH3 is 1. The minimum absolute atomic E-state index is 0. The monoisotopic (exact) mass is 273 g/mol. The highest BCUT2D eigenvalue weighted by Gasteiger charge is 2.17. The Bertz CT molecular complexity index is 384. The lowest BCUT2D eigenvalue weighted by Gasteiger charge is -2.21. The van der Waals surface area contributed by atoms with Crippen molar-refractivity contribution in [3.63, 3.8) is 0 Å². The minimum atomic E-state index is -0.747. The maximum atomic E-state index is 11.2. The molecule has 4 nitrogen and oxygen atoms in total. The first-order valence-corrected chi connectivity index (χ1v) is 5.46. The van der Waals surface area contributed by atoms with E-state index in [1.807, 2.05) is 20.8 Å². The highest BCUT2D eigenvalue weighted by atomic mass is 35.5.